The maximum atomic E-state index is 12.6. The Hall–Kier alpha value is -2.13. The van der Waals surface area contributed by atoms with Gasteiger partial charge >= 0.3 is 0 Å². The molecule has 3 N–H and O–H groups in total. The number of anilines is 2. The third-order valence-corrected chi connectivity index (χ3v) is 6.34. The monoisotopic (exact) mass is 409 g/mol. The van der Waals surface area contributed by atoms with Crippen molar-refractivity contribution in [3.8, 4) is 0 Å². The van der Waals surface area contributed by atoms with Crippen LogP contribution < -0.4 is 10.0 Å². The smallest absolute Gasteiger partial charge is 0.265 e. The summed E-state index contributed by atoms with van der Waals surface area (Å²) < 4.78 is 27.6. The molecule has 136 valence electrons. The quantitative estimate of drug-likeness (QED) is 0.552. The van der Waals surface area contributed by atoms with Crippen molar-refractivity contribution in [1.82, 2.24) is 4.98 Å². The van der Waals surface area contributed by atoms with Crippen LogP contribution in [0.2, 0.25) is 5.02 Å². The van der Waals surface area contributed by atoms with Crippen molar-refractivity contribution in [2.75, 3.05) is 16.6 Å². The lowest BCUT2D eigenvalue weighted by Crippen LogP contribution is -2.17. The summed E-state index contributed by atoms with van der Waals surface area (Å²) in [5.74, 6) is 0. The zero-order valence-electron chi connectivity index (χ0n) is 13.5. The van der Waals surface area contributed by atoms with Crippen LogP contribution in [0.1, 0.15) is 11.6 Å². The van der Waals surface area contributed by atoms with Gasteiger partial charge in [0.25, 0.3) is 10.0 Å². The Morgan fingerprint density at radius 3 is 2.58 bits per heavy atom. The molecule has 2 aromatic carbocycles. The Morgan fingerprint density at radius 2 is 1.92 bits per heavy atom. The normalized spacial score (nSPS) is 12.5. The maximum Gasteiger partial charge on any atom is 0.265 e. The second kappa shape index (κ2) is 8.05. The molecule has 0 bridgehead atoms. The van der Waals surface area contributed by atoms with Crippen molar-refractivity contribution in [3.63, 3.8) is 0 Å². The highest BCUT2D eigenvalue weighted by molar-refractivity contribution is 7.93. The van der Waals surface area contributed by atoms with E-state index < -0.39 is 16.1 Å². The van der Waals surface area contributed by atoms with E-state index in [1.54, 1.807) is 17.5 Å². The van der Waals surface area contributed by atoms with Gasteiger partial charge in [-0.05, 0) is 17.7 Å². The molecule has 0 amide bonds. The van der Waals surface area contributed by atoms with Crippen LogP contribution in [0.3, 0.4) is 0 Å². The van der Waals surface area contributed by atoms with Gasteiger partial charge in [-0.15, -0.1) is 11.3 Å². The van der Waals surface area contributed by atoms with E-state index in [4.69, 9.17) is 11.6 Å². The van der Waals surface area contributed by atoms with Crippen LogP contribution in [-0.2, 0) is 10.0 Å². The number of rotatable bonds is 7. The standard InChI is InChI=1S/C17H16ClN3O3S2/c18-16-13(20-14(11-22)12-5-2-1-3-6-12)7-4-8-15(16)26(23,24)21-17-19-9-10-25-17/h1-10,14,20,22H,11H2,(H,19,21). The van der Waals surface area contributed by atoms with Gasteiger partial charge in [0.1, 0.15) is 4.90 Å². The van der Waals surface area contributed by atoms with Crippen LogP contribution in [0, 0.1) is 0 Å². The first-order valence-corrected chi connectivity index (χ1v) is 10.4. The van der Waals surface area contributed by atoms with Crippen LogP contribution in [0.4, 0.5) is 10.8 Å². The lowest BCUT2D eigenvalue weighted by molar-refractivity contribution is 0.276. The molecule has 1 heterocycles. The summed E-state index contributed by atoms with van der Waals surface area (Å²) in [7, 11) is -3.88. The molecule has 0 radical (unpaired) electrons. The van der Waals surface area contributed by atoms with E-state index in [0.717, 1.165) is 5.56 Å². The van der Waals surface area contributed by atoms with E-state index >= 15 is 0 Å². The van der Waals surface area contributed by atoms with E-state index in [2.05, 4.69) is 15.0 Å². The topological polar surface area (TPSA) is 91.3 Å². The van der Waals surface area contributed by atoms with Gasteiger partial charge in [0, 0.05) is 11.6 Å². The van der Waals surface area contributed by atoms with Crippen molar-refractivity contribution < 1.29 is 13.5 Å². The van der Waals surface area contributed by atoms with Gasteiger partial charge in [0.2, 0.25) is 0 Å². The molecule has 6 nitrogen and oxygen atoms in total. The number of benzene rings is 2. The third kappa shape index (κ3) is 4.16. The highest BCUT2D eigenvalue weighted by atomic mass is 35.5. The SMILES string of the molecule is O=S(=O)(Nc1nccs1)c1cccc(NC(CO)c2ccccc2)c1Cl. The number of aromatic nitrogens is 1. The van der Waals surface area contributed by atoms with E-state index in [9.17, 15) is 13.5 Å². The van der Waals surface area contributed by atoms with Crippen LogP contribution >= 0.6 is 22.9 Å². The van der Waals surface area contributed by atoms with E-state index in [1.807, 2.05) is 30.3 Å². The van der Waals surface area contributed by atoms with Crippen molar-refractivity contribution in [1.29, 1.82) is 0 Å². The first-order valence-electron chi connectivity index (χ1n) is 7.64. The molecule has 9 heteroatoms. The molecule has 1 aromatic heterocycles. The first-order chi connectivity index (χ1) is 12.5. The summed E-state index contributed by atoms with van der Waals surface area (Å²) in [5.41, 5.74) is 1.27. The number of sulfonamides is 1. The summed E-state index contributed by atoms with van der Waals surface area (Å²) in [6.07, 6.45) is 1.51. The van der Waals surface area contributed by atoms with Gasteiger partial charge < -0.3 is 10.4 Å². The molecule has 0 saturated heterocycles. The predicted octanol–water partition coefficient (Wildman–Crippen LogP) is 3.74. The molecule has 1 unspecified atom stereocenters. The minimum Gasteiger partial charge on any atom is -0.394 e. The molecule has 1 atom stereocenters. The van der Waals surface area contributed by atoms with Crippen molar-refractivity contribution in [2.45, 2.75) is 10.9 Å². The predicted molar refractivity (Wildman–Crippen MR) is 104 cm³/mol. The highest BCUT2D eigenvalue weighted by Gasteiger charge is 2.22. The van der Waals surface area contributed by atoms with Crippen molar-refractivity contribution in [2.24, 2.45) is 0 Å². The molecule has 3 aromatic rings. The largest absolute Gasteiger partial charge is 0.394 e. The zero-order chi connectivity index (χ0) is 18.6. The van der Waals surface area contributed by atoms with Crippen LogP contribution in [0.15, 0.2) is 65.0 Å². The van der Waals surface area contributed by atoms with Gasteiger partial charge in [0.05, 0.1) is 23.4 Å². The van der Waals surface area contributed by atoms with Crippen LogP contribution in [-0.4, -0.2) is 25.1 Å². The fourth-order valence-electron chi connectivity index (χ4n) is 2.38. The third-order valence-electron chi connectivity index (χ3n) is 3.62. The molecule has 0 aliphatic heterocycles. The van der Waals surface area contributed by atoms with Gasteiger partial charge in [-0.2, -0.15) is 0 Å². The molecule has 0 aliphatic rings. The minimum atomic E-state index is -3.88. The van der Waals surface area contributed by atoms with Crippen molar-refractivity contribution in [3.05, 3.63) is 70.7 Å². The molecule has 0 fully saturated rings. The maximum absolute atomic E-state index is 12.6. The Bertz CT molecular complexity index is 964. The molecule has 0 spiro atoms. The van der Waals surface area contributed by atoms with E-state index in [0.29, 0.717) is 5.69 Å². The molecular weight excluding hydrogens is 394 g/mol. The number of hydrogen-bond acceptors (Lipinski definition) is 6. The summed E-state index contributed by atoms with van der Waals surface area (Å²) >= 11 is 7.51. The van der Waals surface area contributed by atoms with Crippen molar-refractivity contribution >= 4 is 43.8 Å². The van der Waals surface area contributed by atoms with E-state index in [1.165, 1.54) is 23.6 Å². The number of nitrogens with one attached hydrogen (secondary N) is 2. The zero-order valence-corrected chi connectivity index (χ0v) is 15.9. The molecule has 0 saturated carbocycles. The summed E-state index contributed by atoms with van der Waals surface area (Å²) in [6, 6.07) is 13.6. The second-order valence-electron chi connectivity index (χ2n) is 5.35. The van der Waals surface area contributed by atoms with Gasteiger partial charge in [-0.25, -0.2) is 13.4 Å². The Morgan fingerprint density at radius 1 is 1.15 bits per heavy atom. The van der Waals surface area contributed by atoms with Gasteiger partial charge in [-0.1, -0.05) is 48.0 Å². The number of thiazole rings is 1. The fourth-order valence-corrected chi connectivity index (χ4v) is 4.76. The van der Waals surface area contributed by atoms with Crippen LogP contribution in [0.5, 0.6) is 0 Å². The molecule has 3 rings (SSSR count). The number of aliphatic hydroxyl groups excluding tert-OH is 1. The molecule has 0 aliphatic carbocycles. The number of aliphatic hydroxyl groups is 1. The number of hydrogen-bond donors (Lipinski definition) is 3. The average Bonchev–Trinajstić information content (AvgIpc) is 3.13. The summed E-state index contributed by atoms with van der Waals surface area (Å²) in [5, 5.41) is 14.8. The molecular formula is C17H16ClN3O3S2. The lowest BCUT2D eigenvalue weighted by atomic mass is 10.1. The number of nitrogens with zero attached hydrogens (tertiary/aromatic N) is 1. The first kappa shape index (κ1) is 18.7. The Balaban J connectivity index is 1.89. The van der Waals surface area contributed by atoms with Gasteiger partial charge in [0.15, 0.2) is 5.13 Å². The number of halogens is 1. The Kier molecular flexibility index (Phi) is 5.77. The van der Waals surface area contributed by atoms with Gasteiger partial charge in [-0.3, -0.25) is 4.72 Å². The Labute approximate surface area is 160 Å². The minimum absolute atomic E-state index is 0.0472. The van der Waals surface area contributed by atoms with Crippen LogP contribution in [0.25, 0.3) is 0 Å². The summed E-state index contributed by atoms with van der Waals surface area (Å²) in [6.45, 7) is -0.172. The molecule has 26 heavy (non-hydrogen) atoms. The second-order valence-corrected chi connectivity index (χ2v) is 8.27. The highest BCUT2D eigenvalue weighted by Crippen LogP contribution is 2.33. The average molecular weight is 410 g/mol. The summed E-state index contributed by atoms with van der Waals surface area (Å²) in [4.78, 5) is 3.85. The van der Waals surface area contributed by atoms with E-state index in [-0.39, 0.29) is 21.7 Å². The lowest BCUT2D eigenvalue weighted by Gasteiger charge is -2.20. The fraction of sp³-hybridized carbons (Fsp3) is 0.118.